The van der Waals surface area contributed by atoms with Crippen LogP contribution in [0.4, 0.5) is 0 Å². The minimum absolute atomic E-state index is 0.109. The molecule has 4 nitrogen and oxygen atoms in total. The van der Waals surface area contributed by atoms with Crippen LogP contribution < -0.4 is 0 Å². The van der Waals surface area contributed by atoms with Crippen LogP contribution in [0.15, 0.2) is 24.3 Å². The van der Waals surface area contributed by atoms with Crippen molar-refractivity contribution in [3.8, 4) is 0 Å². The van der Waals surface area contributed by atoms with Gasteiger partial charge in [0.2, 0.25) is 0 Å². The number of nitrogens with zero attached hydrogens (tertiary/aromatic N) is 1. The molecule has 0 aromatic heterocycles. The van der Waals surface area contributed by atoms with Gasteiger partial charge in [0, 0.05) is 25.4 Å². The number of amides is 1. The first-order chi connectivity index (χ1) is 11.7. The van der Waals surface area contributed by atoms with Crippen LogP contribution in [0.25, 0.3) is 0 Å². The van der Waals surface area contributed by atoms with Crippen LogP contribution in [0, 0.1) is 18.8 Å². The topological polar surface area (TPSA) is 38.8 Å². The molecule has 1 spiro atoms. The normalized spacial score (nSPS) is 25.0. The summed E-state index contributed by atoms with van der Waals surface area (Å²) in [5.74, 6) is 1.48. The Labute approximate surface area is 144 Å². The quantitative estimate of drug-likeness (QED) is 0.753. The molecule has 24 heavy (non-hydrogen) atoms. The van der Waals surface area contributed by atoms with Gasteiger partial charge in [0.25, 0.3) is 5.91 Å². The van der Waals surface area contributed by atoms with E-state index >= 15 is 0 Å². The highest BCUT2D eigenvalue weighted by Crippen LogP contribution is 2.42. The van der Waals surface area contributed by atoms with Crippen molar-refractivity contribution in [1.29, 1.82) is 0 Å². The van der Waals surface area contributed by atoms with Crippen molar-refractivity contribution in [3.05, 3.63) is 35.4 Å². The maximum absolute atomic E-state index is 12.6. The number of hydrogen-bond donors (Lipinski definition) is 0. The lowest BCUT2D eigenvalue weighted by molar-refractivity contribution is -0.120. The predicted octanol–water partition coefficient (Wildman–Crippen LogP) is 3.04. The molecule has 1 saturated carbocycles. The number of ether oxygens (including phenoxy) is 2. The second-order valence-corrected chi connectivity index (χ2v) is 7.74. The maximum Gasteiger partial charge on any atom is 0.254 e. The van der Waals surface area contributed by atoms with Crippen LogP contribution >= 0.6 is 0 Å². The summed E-state index contributed by atoms with van der Waals surface area (Å²) in [5, 5.41) is 0. The average Bonchev–Trinajstić information content (AvgIpc) is 3.27. The van der Waals surface area contributed by atoms with E-state index in [1.807, 2.05) is 36.1 Å². The van der Waals surface area contributed by atoms with E-state index in [2.05, 4.69) is 0 Å². The van der Waals surface area contributed by atoms with Gasteiger partial charge in [-0.2, -0.15) is 0 Å². The van der Waals surface area contributed by atoms with Crippen molar-refractivity contribution >= 4 is 5.91 Å². The van der Waals surface area contributed by atoms with E-state index in [-0.39, 0.29) is 11.5 Å². The second kappa shape index (κ2) is 6.49. The fourth-order valence-corrected chi connectivity index (χ4v) is 4.01. The Morgan fingerprint density at radius 3 is 2.92 bits per heavy atom. The van der Waals surface area contributed by atoms with E-state index in [4.69, 9.17) is 9.47 Å². The summed E-state index contributed by atoms with van der Waals surface area (Å²) < 4.78 is 11.9. The molecule has 4 rings (SSSR count). The Morgan fingerprint density at radius 1 is 1.33 bits per heavy atom. The molecule has 0 bridgehead atoms. The summed E-state index contributed by atoms with van der Waals surface area (Å²) >= 11 is 0. The number of hydrogen-bond acceptors (Lipinski definition) is 3. The van der Waals surface area contributed by atoms with Crippen LogP contribution in [-0.4, -0.2) is 49.3 Å². The summed E-state index contributed by atoms with van der Waals surface area (Å²) in [6, 6.07) is 7.83. The molecule has 130 valence electrons. The third kappa shape index (κ3) is 3.22. The van der Waals surface area contributed by atoms with Crippen LogP contribution in [0.2, 0.25) is 0 Å². The van der Waals surface area contributed by atoms with Crippen molar-refractivity contribution in [3.63, 3.8) is 0 Å². The van der Waals surface area contributed by atoms with Gasteiger partial charge in [-0.3, -0.25) is 4.79 Å². The molecule has 1 amide bonds. The van der Waals surface area contributed by atoms with E-state index in [9.17, 15) is 4.79 Å². The van der Waals surface area contributed by atoms with Gasteiger partial charge in [-0.15, -0.1) is 0 Å². The number of likely N-dealkylation sites (tertiary alicyclic amines) is 1. The van der Waals surface area contributed by atoms with Gasteiger partial charge in [0.15, 0.2) is 0 Å². The number of benzene rings is 1. The predicted molar refractivity (Wildman–Crippen MR) is 92.0 cm³/mol. The summed E-state index contributed by atoms with van der Waals surface area (Å²) in [4.78, 5) is 14.5. The minimum atomic E-state index is -0.109. The molecule has 4 heteroatoms. The first-order valence-electron chi connectivity index (χ1n) is 9.24. The third-order valence-corrected chi connectivity index (χ3v) is 5.73. The highest BCUT2D eigenvalue weighted by atomic mass is 16.5. The molecule has 0 radical (unpaired) electrons. The SMILES string of the molecule is Cc1cccc(C(=O)N2CC3(C2)OCCC3CCOCC2CC2)c1. The summed E-state index contributed by atoms with van der Waals surface area (Å²) in [6.07, 6.45) is 4.83. The maximum atomic E-state index is 12.6. The Bertz CT molecular complexity index is 605. The molecule has 2 aliphatic heterocycles. The minimum Gasteiger partial charge on any atom is -0.381 e. The van der Waals surface area contributed by atoms with Gasteiger partial charge in [-0.1, -0.05) is 17.7 Å². The van der Waals surface area contributed by atoms with E-state index in [1.165, 1.54) is 12.8 Å². The van der Waals surface area contributed by atoms with Gasteiger partial charge >= 0.3 is 0 Å². The number of carbonyl (C=O) groups is 1. The first-order valence-corrected chi connectivity index (χ1v) is 9.24. The van der Waals surface area contributed by atoms with Gasteiger partial charge < -0.3 is 14.4 Å². The Morgan fingerprint density at radius 2 is 2.17 bits per heavy atom. The first kappa shape index (κ1) is 16.1. The lowest BCUT2D eigenvalue weighted by Gasteiger charge is -2.50. The molecule has 1 atom stereocenters. The lowest BCUT2D eigenvalue weighted by Crippen LogP contribution is -2.66. The number of rotatable bonds is 6. The molecule has 0 N–H and O–H groups in total. The standard InChI is InChI=1S/C20H27NO3/c1-15-3-2-4-17(11-15)19(22)21-13-20(14-21)18(8-10-24-20)7-9-23-12-16-5-6-16/h2-4,11,16,18H,5-10,12-14H2,1H3. The number of carbonyl (C=O) groups excluding carboxylic acids is 1. The van der Waals surface area contributed by atoms with Crippen molar-refractivity contribution < 1.29 is 14.3 Å². The molecule has 1 aromatic carbocycles. The molecular formula is C20H27NO3. The molecule has 1 aliphatic carbocycles. The van der Waals surface area contributed by atoms with E-state index in [0.717, 1.165) is 62.8 Å². The molecule has 1 aromatic rings. The van der Waals surface area contributed by atoms with Crippen molar-refractivity contribution in [2.75, 3.05) is 32.9 Å². The van der Waals surface area contributed by atoms with Crippen LogP contribution in [0.5, 0.6) is 0 Å². The number of aryl methyl sites for hydroxylation is 1. The Hall–Kier alpha value is -1.39. The summed E-state index contributed by atoms with van der Waals surface area (Å²) in [7, 11) is 0. The van der Waals surface area contributed by atoms with Gasteiger partial charge in [-0.05, 0) is 56.6 Å². The van der Waals surface area contributed by atoms with Crippen LogP contribution in [-0.2, 0) is 9.47 Å². The smallest absolute Gasteiger partial charge is 0.254 e. The molecule has 3 fully saturated rings. The zero-order chi connectivity index (χ0) is 16.6. The van der Waals surface area contributed by atoms with Gasteiger partial charge in [0.1, 0.15) is 5.60 Å². The highest BCUT2D eigenvalue weighted by molar-refractivity contribution is 5.95. The second-order valence-electron chi connectivity index (χ2n) is 7.74. The third-order valence-electron chi connectivity index (χ3n) is 5.73. The fourth-order valence-electron chi connectivity index (χ4n) is 4.01. The molecule has 2 heterocycles. The van der Waals surface area contributed by atoms with Crippen molar-refractivity contribution in [1.82, 2.24) is 4.90 Å². The highest BCUT2D eigenvalue weighted by Gasteiger charge is 2.54. The van der Waals surface area contributed by atoms with Crippen molar-refractivity contribution in [2.24, 2.45) is 11.8 Å². The Kier molecular flexibility index (Phi) is 4.35. The lowest BCUT2D eigenvalue weighted by atomic mass is 9.79. The molecule has 2 saturated heterocycles. The van der Waals surface area contributed by atoms with Crippen molar-refractivity contribution in [2.45, 2.75) is 38.2 Å². The fraction of sp³-hybridized carbons (Fsp3) is 0.650. The van der Waals surface area contributed by atoms with E-state index in [1.54, 1.807) is 0 Å². The zero-order valence-electron chi connectivity index (χ0n) is 14.5. The molecule has 1 unspecified atom stereocenters. The monoisotopic (exact) mass is 329 g/mol. The summed E-state index contributed by atoms with van der Waals surface area (Å²) in [5.41, 5.74) is 1.80. The Balaban J connectivity index is 1.29. The van der Waals surface area contributed by atoms with E-state index < -0.39 is 0 Å². The van der Waals surface area contributed by atoms with Crippen LogP contribution in [0.1, 0.15) is 41.6 Å². The molecular weight excluding hydrogens is 302 g/mol. The average molecular weight is 329 g/mol. The van der Waals surface area contributed by atoms with Crippen LogP contribution in [0.3, 0.4) is 0 Å². The summed E-state index contributed by atoms with van der Waals surface area (Å²) in [6.45, 7) is 6.06. The largest absolute Gasteiger partial charge is 0.381 e. The van der Waals surface area contributed by atoms with Gasteiger partial charge in [-0.25, -0.2) is 0 Å². The van der Waals surface area contributed by atoms with Gasteiger partial charge in [0.05, 0.1) is 13.1 Å². The van der Waals surface area contributed by atoms with E-state index in [0.29, 0.717) is 5.92 Å². The zero-order valence-corrected chi connectivity index (χ0v) is 14.5. The molecule has 3 aliphatic rings.